The number of benzene rings is 1. The van der Waals surface area contributed by atoms with Gasteiger partial charge in [-0.1, -0.05) is 47.1 Å². The average Bonchev–Trinajstić information content (AvgIpc) is 3.43. The summed E-state index contributed by atoms with van der Waals surface area (Å²) in [6, 6.07) is 3.37. The number of carbonyl (C=O) groups is 2. The maximum Gasteiger partial charge on any atom is 0.163 e. The second-order valence-corrected chi connectivity index (χ2v) is 12.5. The van der Waals surface area contributed by atoms with Crippen molar-refractivity contribution in [1.82, 2.24) is 14.9 Å². The molecule has 0 fully saturated rings. The largest absolute Gasteiger partial charge is 0.504 e. The third kappa shape index (κ3) is 8.03. The molecule has 1 aromatic heterocycles. The fraction of sp³-hybridized carbons (Fsp3) is 0.414. The Balaban J connectivity index is 1.70. The lowest BCUT2D eigenvalue weighted by atomic mass is 9.94. The topological polar surface area (TPSA) is 119 Å². The summed E-state index contributed by atoms with van der Waals surface area (Å²) in [5, 5.41) is 13.9. The van der Waals surface area contributed by atoms with Crippen molar-refractivity contribution in [2.24, 2.45) is 11.7 Å². The number of ether oxygens (including phenoxy) is 1. The third-order valence-electron chi connectivity index (χ3n) is 7.02. The third-order valence-corrected chi connectivity index (χ3v) is 9.93. The number of aromatic nitrogens is 2. The molecular weight excluding hydrogens is 532 g/mol. The highest BCUT2D eigenvalue weighted by Crippen LogP contribution is 2.38. The van der Waals surface area contributed by atoms with Gasteiger partial charge in [0, 0.05) is 37.3 Å². The van der Waals surface area contributed by atoms with Gasteiger partial charge in [0.05, 0.1) is 31.3 Å². The van der Waals surface area contributed by atoms with E-state index >= 15 is 0 Å². The number of aromatic hydroxyl groups is 1. The highest BCUT2D eigenvalue weighted by molar-refractivity contribution is 8.77. The summed E-state index contributed by atoms with van der Waals surface area (Å²) in [6.07, 6.45) is 15.0. The lowest BCUT2D eigenvalue weighted by Crippen LogP contribution is -2.42. The molecule has 0 aliphatic carbocycles. The average molecular weight is 569 g/mol. The number of nitrogens with zero attached hydrogens (tertiary/aromatic N) is 2. The van der Waals surface area contributed by atoms with Gasteiger partial charge >= 0.3 is 0 Å². The summed E-state index contributed by atoms with van der Waals surface area (Å²) in [5.41, 5.74) is 10.2. The number of allylic oxidation sites excluding steroid dienone is 3. The number of phenols is 1. The van der Waals surface area contributed by atoms with E-state index in [1.54, 1.807) is 46.0 Å². The molecular formula is C29H36N4O4S2. The fourth-order valence-corrected chi connectivity index (χ4v) is 7.86. The molecule has 39 heavy (non-hydrogen) atoms. The summed E-state index contributed by atoms with van der Waals surface area (Å²) in [7, 11) is 5.09. The van der Waals surface area contributed by atoms with Crippen molar-refractivity contribution in [2.75, 3.05) is 12.9 Å². The number of fused-ring (bicyclic) bond motifs is 2. The predicted octanol–water partition coefficient (Wildman–Crippen LogP) is 4.65. The number of nitrogens with one attached hydrogen (secondary N) is 1. The van der Waals surface area contributed by atoms with Crippen LogP contribution in [0, 0.1) is 5.92 Å². The minimum absolute atomic E-state index is 0.0222. The molecule has 3 atom stereocenters. The van der Waals surface area contributed by atoms with Crippen LogP contribution in [0.15, 0.2) is 60.4 Å². The summed E-state index contributed by atoms with van der Waals surface area (Å²) in [5.74, 6) is 1.37. The Kier molecular flexibility index (Phi) is 10.4. The van der Waals surface area contributed by atoms with Gasteiger partial charge in [-0.2, -0.15) is 0 Å². The van der Waals surface area contributed by atoms with Crippen molar-refractivity contribution in [1.29, 1.82) is 0 Å². The van der Waals surface area contributed by atoms with Crippen LogP contribution in [-0.4, -0.2) is 50.5 Å². The van der Waals surface area contributed by atoms with E-state index in [2.05, 4.69) is 27.9 Å². The maximum absolute atomic E-state index is 12.6. The lowest BCUT2D eigenvalue weighted by molar-refractivity contribution is -0.124. The maximum atomic E-state index is 12.6. The molecule has 2 aromatic rings. The number of dihydropyridines is 1. The second kappa shape index (κ2) is 13.9. The van der Waals surface area contributed by atoms with E-state index in [4.69, 9.17) is 10.5 Å². The molecule has 1 aromatic carbocycles. The van der Waals surface area contributed by atoms with Gasteiger partial charge in [-0.15, -0.1) is 0 Å². The van der Waals surface area contributed by atoms with E-state index in [0.717, 1.165) is 47.4 Å². The van der Waals surface area contributed by atoms with Crippen molar-refractivity contribution in [3.8, 4) is 11.5 Å². The Bertz CT molecular complexity index is 1260. The van der Waals surface area contributed by atoms with Crippen LogP contribution in [0.3, 0.4) is 0 Å². The van der Waals surface area contributed by atoms with E-state index in [-0.39, 0.29) is 35.2 Å². The number of ketones is 2. The van der Waals surface area contributed by atoms with Crippen LogP contribution in [0.1, 0.15) is 43.7 Å². The monoisotopic (exact) mass is 568 g/mol. The molecule has 0 amide bonds. The minimum atomic E-state index is -0.332. The van der Waals surface area contributed by atoms with Gasteiger partial charge in [0.2, 0.25) is 0 Å². The van der Waals surface area contributed by atoms with Crippen molar-refractivity contribution in [3.05, 3.63) is 71.5 Å². The Hall–Kier alpha value is -2.95. The summed E-state index contributed by atoms with van der Waals surface area (Å²) in [6.45, 7) is 2.87. The molecule has 10 heteroatoms. The Labute approximate surface area is 237 Å². The van der Waals surface area contributed by atoms with Gasteiger partial charge in [0.15, 0.2) is 17.3 Å². The zero-order valence-corrected chi connectivity index (χ0v) is 24.0. The molecule has 2 aliphatic rings. The van der Waals surface area contributed by atoms with Gasteiger partial charge in [-0.3, -0.25) is 9.59 Å². The molecule has 0 radical (unpaired) electrons. The first-order chi connectivity index (χ1) is 18.9. The first-order valence-electron chi connectivity index (χ1n) is 13.1. The molecule has 4 rings (SSSR count). The molecule has 0 saturated carbocycles. The van der Waals surface area contributed by atoms with Gasteiger partial charge < -0.3 is 25.5 Å². The first kappa shape index (κ1) is 29.0. The predicted molar refractivity (Wildman–Crippen MR) is 158 cm³/mol. The van der Waals surface area contributed by atoms with Crippen molar-refractivity contribution in [3.63, 3.8) is 0 Å². The van der Waals surface area contributed by atoms with Gasteiger partial charge in [0.25, 0.3) is 0 Å². The molecule has 2 bridgehead atoms. The normalized spacial score (nSPS) is 23.9. The van der Waals surface area contributed by atoms with Crippen LogP contribution in [0.4, 0.5) is 0 Å². The number of rotatable bonds is 4. The van der Waals surface area contributed by atoms with Gasteiger partial charge in [-0.25, -0.2) is 4.98 Å². The Morgan fingerprint density at radius 2 is 2.10 bits per heavy atom. The SMILES string of the molecule is CC[C@H]1CCC(=O)CC(=O)/C=C/c2cc(OC)c(O)cc2CC2=CNC(N)C(=C2)[C@H](Cn2ccnc2)SSC1. The number of hydrogen-bond acceptors (Lipinski definition) is 9. The molecule has 8 nitrogen and oxygen atoms in total. The molecule has 0 spiro atoms. The number of hydrogen-bond donors (Lipinski definition) is 3. The highest BCUT2D eigenvalue weighted by Gasteiger charge is 2.25. The van der Waals surface area contributed by atoms with E-state index in [9.17, 15) is 14.7 Å². The highest BCUT2D eigenvalue weighted by atomic mass is 33.1. The molecule has 2 aliphatic heterocycles. The fourth-order valence-electron chi connectivity index (χ4n) is 4.64. The lowest BCUT2D eigenvalue weighted by Gasteiger charge is -2.29. The number of imidazole rings is 1. The van der Waals surface area contributed by atoms with E-state index in [1.165, 1.54) is 13.2 Å². The Morgan fingerprint density at radius 1 is 1.26 bits per heavy atom. The van der Waals surface area contributed by atoms with Crippen molar-refractivity contribution >= 4 is 39.2 Å². The van der Waals surface area contributed by atoms with E-state index in [0.29, 0.717) is 24.5 Å². The van der Waals surface area contributed by atoms with Crippen LogP contribution in [-0.2, 0) is 22.6 Å². The molecule has 208 valence electrons. The zero-order chi connectivity index (χ0) is 27.8. The number of nitrogens with two attached hydrogens (primary N) is 1. The van der Waals surface area contributed by atoms with Crippen LogP contribution >= 0.6 is 21.6 Å². The minimum Gasteiger partial charge on any atom is -0.504 e. The standard InChI is InChI=1S/C29H36N4O4S2/c1-3-19-4-6-23(34)14-24(35)7-5-21-13-27(37-2)26(36)12-22(21)10-20-11-25(29(30)32-15-20)28(39-38-17-19)16-33-9-8-31-18-33/h5,7-9,11-13,15,18-19,28-29,32,36H,3-4,6,10,14,16-17,30H2,1-2H3/b7-5+/t19-,28-,29?/m0/s1. The first-order valence-corrected chi connectivity index (χ1v) is 15.5. The summed E-state index contributed by atoms with van der Waals surface area (Å²) in [4.78, 5) is 29.4. The molecule has 1 unspecified atom stereocenters. The number of Topliss-reactive ketones (excluding diaryl/α,β-unsaturated/α-hetero) is 1. The second-order valence-electron chi connectivity index (χ2n) is 9.86. The van der Waals surface area contributed by atoms with Crippen LogP contribution in [0.2, 0.25) is 0 Å². The van der Waals surface area contributed by atoms with Gasteiger partial charge in [0.1, 0.15) is 5.78 Å². The number of phenolic OH excluding ortho intramolecular Hbond substituents is 1. The van der Waals surface area contributed by atoms with Crippen LogP contribution in [0.5, 0.6) is 11.5 Å². The summed E-state index contributed by atoms with van der Waals surface area (Å²) < 4.78 is 7.37. The van der Waals surface area contributed by atoms with Crippen LogP contribution < -0.4 is 15.8 Å². The quantitative estimate of drug-likeness (QED) is 0.358. The van der Waals surface area contributed by atoms with Crippen LogP contribution in [0.25, 0.3) is 6.08 Å². The van der Waals surface area contributed by atoms with Crippen molar-refractivity contribution in [2.45, 2.75) is 57.0 Å². The Morgan fingerprint density at radius 3 is 2.85 bits per heavy atom. The van der Waals surface area contributed by atoms with Crippen molar-refractivity contribution < 1.29 is 19.4 Å². The number of methoxy groups -OCH3 is 1. The van der Waals surface area contributed by atoms with E-state index < -0.39 is 0 Å². The number of carbonyl (C=O) groups excluding carboxylic acids is 2. The van der Waals surface area contributed by atoms with E-state index in [1.807, 2.05) is 18.7 Å². The zero-order valence-electron chi connectivity index (χ0n) is 22.3. The smallest absolute Gasteiger partial charge is 0.163 e. The summed E-state index contributed by atoms with van der Waals surface area (Å²) >= 11 is 0. The molecule has 0 saturated heterocycles. The van der Waals surface area contributed by atoms with Gasteiger partial charge in [-0.05, 0) is 59.2 Å². The molecule has 3 heterocycles. The molecule has 4 N–H and O–H groups in total.